The molecule has 2 amide bonds. The Kier molecular flexibility index (Phi) is 4.99. The number of amides is 2. The monoisotopic (exact) mass is 300 g/mol. The lowest BCUT2D eigenvalue weighted by atomic mass is 9.98. The number of nitrogens with one attached hydrogen (secondary N) is 2. The van der Waals surface area contributed by atoms with Gasteiger partial charge in [0.05, 0.1) is 5.56 Å². The molecule has 1 aromatic carbocycles. The first-order chi connectivity index (χ1) is 10.5. The summed E-state index contributed by atoms with van der Waals surface area (Å²) in [4.78, 5) is 23.9. The van der Waals surface area contributed by atoms with Crippen molar-refractivity contribution in [1.29, 1.82) is 0 Å². The lowest BCUT2D eigenvalue weighted by Crippen LogP contribution is -2.42. The van der Waals surface area contributed by atoms with E-state index in [0.29, 0.717) is 23.5 Å². The van der Waals surface area contributed by atoms with E-state index >= 15 is 0 Å². The van der Waals surface area contributed by atoms with E-state index in [4.69, 9.17) is 4.42 Å². The fourth-order valence-corrected chi connectivity index (χ4v) is 2.28. The van der Waals surface area contributed by atoms with Crippen molar-refractivity contribution in [2.45, 2.75) is 33.1 Å². The molecule has 116 valence electrons. The van der Waals surface area contributed by atoms with E-state index in [2.05, 4.69) is 10.9 Å². The van der Waals surface area contributed by atoms with E-state index in [1.807, 2.05) is 37.3 Å². The van der Waals surface area contributed by atoms with Crippen LogP contribution in [0.1, 0.15) is 46.7 Å². The Morgan fingerprint density at radius 3 is 2.41 bits per heavy atom. The molecule has 0 spiro atoms. The second kappa shape index (κ2) is 6.93. The highest BCUT2D eigenvalue weighted by atomic mass is 16.3. The average molecular weight is 300 g/mol. The lowest BCUT2D eigenvalue weighted by molar-refractivity contribution is -0.122. The van der Waals surface area contributed by atoms with E-state index in [1.54, 1.807) is 19.9 Å². The molecular weight excluding hydrogens is 280 g/mol. The number of hydrogen-bond acceptors (Lipinski definition) is 3. The minimum atomic E-state index is -0.380. The Balaban J connectivity index is 1.85. The largest absolute Gasteiger partial charge is 0.466 e. The molecular formula is C17H20N2O3. The minimum absolute atomic E-state index is 0.0796. The summed E-state index contributed by atoms with van der Waals surface area (Å²) in [6, 6.07) is 11.4. The van der Waals surface area contributed by atoms with Crippen LogP contribution in [0.25, 0.3) is 0 Å². The number of hydrogen-bond donors (Lipinski definition) is 2. The average Bonchev–Trinajstić information content (AvgIpc) is 2.84. The number of benzene rings is 1. The molecule has 0 fully saturated rings. The molecule has 0 aliphatic heterocycles. The lowest BCUT2D eigenvalue weighted by Gasteiger charge is -2.12. The van der Waals surface area contributed by atoms with Crippen molar-refractivity contribution in [1.82, 2.24) is 10.9 Å². The standard InChI is InChI=1S/C17H20N2O3/c1-11(14-7-5-4-6-8-14)9-16(20)18-19-17(21)15-10-12(2)22-13(15)3/h4-8,10-11H,9H2,1-3H3,(H,18,20)(H,19,21). The van der Waals surface area contributed by atoms with Gasteiger partial charge in [-0.3, -0.25) is 20.4 Å². The highest BCUT2D eigenvalue weighted by Crippen LogP contribution is 2.18. The molecule has 1 atom stereocenters. The topological polar surface area (TPSA) is 71.3 Å². The summed E-state index contributed by atoms with van der Waals surface area (Å²) < 4.78 is 5.29. The SMILES string of the molecule is Cc1cc(C(=O)NNC(=O)CC(C)c2ccccc2)c(C)o1. The van der Waals surface area contributed by atoms with E-state index in [-0.39, 0.29) is 17.7 Å². The molecule has 5 heteroatoms. The van der Waals surface area contributed by atoms with Gasteiger partial charge in [-0.05, 0) is 31.4 Å². The molecule has 0 bridgehead atoms. The number of carbonyl (C=O) groups is 2. The first-order valence-corrected chi connectivity index (χ1v) is 7.18. The zero-order valence-electron chi connectivity index (χ0n) is 13.0. The van der Waals surface area contributed by atoms with Crippen molar-refractivity contribution in [3.63, 3.8) is 0 Å². The summed E-state index contributed by atoms with van der Waals surface area (Å²) in [5.74, 6) is 0.655. The van der Waals surface area contributed by atoms with Crippen molar-refractivity contribution in [2.24, 2.45) is 0 Å². The molecule has 1 unspecified atom stereocenters. The molecule has 2 N–H and O–H groups in total. The quantitative estimate of drug-likeness (QED) is 0.853. The predicted molar refractivity (Wildman–Crippen MR) is 83.3 cm³/mol. The van der Waals surface area contributed by atoms with Gasteiger partial charge in [0.2, 0.25) is 5.91 Å². The Morgan fingerprint density at radius 2 is 1.82 bits per heavy atom. The van der Waals surface area contributed by atoms with Crippen LogP contribution in [0.15, 0.2) is 40.8 Å². The van der Waals surface area contributed by atoms with Crippen LogP contribution < -0.4 is 10.9 Å². The molecule has 2 aromatic rings. The number of aryl methyl sites for hydroxylation is 2. The normalized spacial score (nSPS) is 11.8. The van der Waals surface area contributed by atoms with Gasteiger partial charge in [-0.25, -0.2) is 0 Å². The van der Waals surface area contributed by atoms with Crippen LogP contribution in [0.2, 0.25) is 0 Å². The molecule has 1 aromatic heterocycles. The zero-order valence-corrected chi connectivity index (χ0v) is 13.0. The van der Waals surface area contributed by atoms with Crippen LogP contribution in [-0.4, -0.2) is 11.8 Å². The fraction of sp³-hybridized carbons (Fsp3) is 0.294. The van der Waals surface area contributed by atoms with E-state index in [9.17, 15) is 9.59 Å². The molecule has 5 nitrogen and oxygen atoms in total. The van der Waals surface area contributed by atoms with Crippen LogP contribution in [0.5, 0.6) is 0 Å². The Labute approximate surface area is 129 Å². The maximum absolute atomic E-state index is 12.0. The van der Waals surface area contributed by atoms with Crippen molar-refractivity contribution in [2.75, 3.05) is 0 Å². The highest BCUT2D eigenvalue weighted by molar-refractivity contribution is 5.96. The molecule has 0 saturated heterocycles. The molecule has 0 saturated carbocycles. The van der Waals surface area contributed by atoms with E-state index in [0.717, 1.165) is 5.56 Å². The van der Waals surface area contributed by atoms with Gasteiger partial charge in [0.15, 0.2) is 0 Å². The summed E-state index contributed by atoms with van der Waals surface area (Å²) in [6.07, 6.45) is 0.299. The molecule has 1 heterocycles. The first-order valence-electron chi connectivity index (χ1n) is 7.18. The van der Waals surface area contributed by atoms with Crippen LogP contribution in [-0.2, 0) is 4.79 Å². The summed E-state index contributed by atoms with van der Waals surface area (Å²) in [5, 5.41) is 0. The van der Waals surface area contributed by atoms with Gasteiger partial charge < -0.3 is 4.42 Å². The maximum atomic E-state index is 12.0. The smallest absolute Gasteiger partial charge is 0.273 e. The fourth-order valence-electron chi connectivity index (χ4n) is 2.28. The van der Waals surface area contributed by atoms with Gasteiger partial charge in [0.25, 0.3) is 5.91 Å². The van der Waals surface area contributed by atoms with Crippen molar-refractivity contribution in [3.8, 4) is 0 Å². The highest BCUT2D eigenvalue weighted by Gasteiger charge is 2.15. The molecule has 0 aliphatic rings. The third-order valence-electron chi connectivity index (χ3n) is 3.46. The van der Waals surface area contributed by atoms with E-state index < -0.39 is 0 Å². The number of hydrazine groups is 1. The Bertz CT molecular complexity index is 662. The maximum Gasteiger partial charge on any atom is 0.273 e. The van der Waals surface area contributed by atoms with Gasteiger partial charge in [0.1, 0.15) is 11.5 Å². The van der Waals surface area contributed by atoms with Crippen molar-refractivity contribution < 1.29 is 14.0 Å². The van der Waals surface area contributed by atoms with Gasteiger partial charge in [-0.2, -0.15) is 0 Å². The van der Waals surface area contributed by atoms with Gasteiger partial charge in [-0.15, -0.1) is 0 Å². The van der Waals surface area contributed by atoms with Crippen molar-refractivity contribution >= 4 is 11.8 Å². The number of carbonyl (C=O) groups excluding carboxylic acids is 2. The predicted octanol–water partition coefficient (Wildman–Crippen LogP) is 2.85. The van der Waals surface area contributed by atoms with Crippen LogP contribution in [0.4, 0.5) is 0 Å². The third-order valence-corrected chi connectivity index (χ3v) is 3.46. The van der Waals surface area contributed by atoms with Crippen molar-refractivity contribution in [3.05, 3.63) is 59.0 Å². The van der Waals surface area contributed by atoms with Gasteiger partial charge >= 0.3 is 0 Å². The second-order valence-corrected chi connectivity index (χ2v) is 5.35. The number of rotatable bonds is 4. The van der Waals surface area contributed by atoms with Crippen LogP contribution >= 0.6 is 0 Å². The zero-order chi connectivity index (χ0) is 16.1. The third kappa shape index (κ3) is 3.97. The first kappa shape index (κ1) is 15.8. The Hall–Kier alpha value is -2.56. The van der Waals surface area contributed by atoms with Crippen LogP contribution in [0.3, 0.4) is 0 Å². The molecule has 0 aliphatic carbocycles. The van der Waals surface area contributed by atoms with Crippen LogP contribution in [0, 0.1) is 13.8 Å². The summed E-state index contributed by atoms with van der Waals surface area (Å²) >= 11 is 0. The second-order valence-electron chi connectivity index (χ2n) is 5.35. The van der Waals surface area contributed by atoms with E-state index in [1.165, 1.54) is 0 Å². The molecule has 2 rings (SSSR count). The summed E-state index contributed by atoms with van der Waals surface area (Å²) in [7, 11) is 0. The Morgan fingerprint density at radius 1 is 1.14 bits per heavy atom. The summed E-state index contributed by atoms with van der Waals surface area (Å²) in [6.45, 7) is 5.45. The molecule has 22 heavy (non-hydrogen) atoms. The van der Waals surface area contributed by atoms with Gasteiger partial charge in [-0.1, -0.05) is 37.3 Å². The molecule has 0 radical (unpaired) electrons. The number of furan rings is 1. The summed E-state index contributed by atoms with van der Waals surface area (Å²) in [5.41, 5.74) is 6.36. The minimum Gasteiger partial charge on any atom is -0.466 e. The van der Waals surface area contributed by atoms with Gasteiger partial charge in [0, 0.05) is 6.42 Å².